The van der Waals surface area contributed by atoms with E-state index in [4.69, 9.17) is 4.74 Å². The fraction of sp³-hybridized carbons (Fsp3) is 0.111. The van der Waals surface area contributed by atoms with Gasteiger partial charge in [0.25, 0.3) is 0 Å². The van der Waals surface area contributed by atoms with Crippen molar-refractivity contribution in [3.05, 3.63) is 24.3 Å². The highest BCUT2D eigenvalue weighted by molar-refractivity contribution is 5.75. The van der Waals surface area contributed by atoms with Crippen molar-refractivity contribution in [3.63, 3.8) is 0 Å². The lowest BCUT2D eigenvalue weighted by atomic mass is 10.3. The van der Waals surface area contributed by atoms with Crippen LogP contribution < -0.4 is 10.1 Å². The molecule has 0 fully saturated rings. The molecule has 4 nitrogen and oxygen atoms in total. The molecule has 1 aliphatic heterocycles. The predicted octanol–water partition coefficient (Wildman–Crippen LogP) is 0.853. The van der Waals surface area contributed by atoms with Gasteiger partial charge in [0.05, 0.1) is 6.21 Å². The van der Waals surface area contributed by atoms with Crippen molar-refractivity contribution in [2.45, 2.75) is 6.23 Å². The van der Waals surface area contributed by atoms with Crippen LogP contribution in [0, 0.1) is 0 Å². The van der Waals surface area contributed by atoms with Gasteiger partial charge in [0.2, 0.25) is 12.6 Å². The average molecular weight is 176 g/mol. The van der Waals surface area contributed by atoms with E-state index >= 15 is 0 Å². The number of rotatable bonds is 2. The van der Waals surface area contributed by atoms with Crippen LogP contribution in [0.3, 0.4) is 0 Å². The van der Waals surface area contributed by atoms with Crippen LogP contribution in [-0.4, -0.2) is 18.9 Å². The number of nitrogens with one attached hydrogen (secondary N) is 1. The topological polar surface area (TPSA) is 50.7 Å². The Labute approximate surface area is 75.2 Å². The SMILES string of the molecule is O=CNC1C=Nc2ccccc2O1. The van der Waals surface area contributed by atoms with Crippen molar-refractivity contribution in [3.8, 4) is 5.75 Å². The van der Waals surface area contributed by atoms with Crippen molar-refractivity contribution in [1.29, 1.82) is 0 Å². The maximum atomic E-state index is 10.1. The minimum Gasteiger partial charge on any atom is -0.463 e. The fourth-order valence-corrected chi connectivity index (χ4v) is 1.12. The Balaban J connectivity index is 2.23. The molecule has 13 heavy (non-hydrogen) atoms. The second kappa shape index (κ2) is 3.26. The summed E-state index contributed by atoms with van der Waals surface area (Å²) in [5.74, 6) is 0.685. The van der Waals surface area contributed by atoms with E-state index < -0.39 is 6.23 Å². The second-order valence-corrected chi connectivity index (χ2v) is 2.57. The number of benzene rings is 1. The molecule has 0 radical (unpaired) electrons. The maximum absolute atomic E-state index is 10.1. The minimum absolute atomic E-state index is 0.451. The van der Waals surface area contributed by atoms with Crippen molar-refractivity contribution in [2.24, 2.45) is 4.99 Å². The van der Waals surface area contributed by atoms with E-state index in [1.165, 1.54) is 0 Å². The zero-order valence-electron chi connectivity index (χ0n) is 6.81. The Hall–Kier alpha value is -1.84. The monoisotopic (exact) mass is 176 g/mol. The first-order chi connectivity index (χ1) is 6.40. The molecule has 1 atom stereocenters. The van der Waals surface area contributed by atoms with Gasteiger partial charge in [-0.3, -0.25) is 9.79 Å². The van der Waals surface area contributed by atoms with Gasteiger partial charge in [0.15, 0.2) is 0 Å². The number of fused-ring (bicyclic) bond motifs is 1. The van der Waals surface area contributed by atoms with Gasteiger partial charge in [-0.05, 0) is 12.1 Å². The Morgan fingerprint density at radius 3 is 3.15 bits per heavy atom. The van der Waals surface area contributed by atoms with Crippen LogP contribution in [0.5, 0.6) is 5.75 Å². The highest BCUT2D eigenvalue weighted by Crippen LogP contribution is 2.29. The van der Waals surface area contributed by atoms with E-state index in [1.807, 2.05) is 24.3 Å². The van der Waals surface area contributed by atoms with Crippen LogP contribution in [0.4, 0.5) is 5.69 Å². The molecular weight excluding hydrogens is 168 g/mol. The first-order valence-corrected chi connectivity index (χ1v) is 3.90. The van der Waals surface area contributed by atoms with Crippen LogP contribution in [0.15, 0.2) is 29.3 Å². The fourth-order valence-electron chi connectivity index (χ4n) is 1.12. The first kappa shape index (κ1) is 7.79. The third-order valence-electron chi connectivity index (χ3n) is 1.70. The summed E-state index contributed by atoms with van der Waals surface area (Å²) in [7, 11) is 0. The van der Waals surface area contributed by atoms with Gasteiger partial charge in [0.1, 0.15) is 11.4 Å². The normalized spacial score (nSPS) is 18.6. The largest absolute Gasteiger partial charge is 0.463 e. The van der Waals surface area contributed by atoms with Gasteiger partial charge in [-0.25, -0.2) is 0 Å². The van der Waals surface area contributed by atoms with E-state index in [9.17, 15) is 4.79 Å². The molecule has 1 amide bonds. The highest BCUT2D eigenvalue weighted by atomic mass is 16.5. The Morgan fingerprint density at radius 1 is 1.46 bits per heavy atom. The lowest BCUT2D eigenvalue weighted by Crippen LogP contribution is -2.36. The van der Waals surface area contributed by atoms with Gasteiger partial charge in [-0.2, -0.15) is 0 Å². The highest BCUT2D eigenvalue weighted by Gasteiger charge is 2.13. The molecule has 0 aliphatic carbocycles. The summed E-state index contributed by atoms with van der Waals surface area (Å²) in [6, 6.07) is 7.40. The van der Waals surface area contributed by atoms with Crippen molar-refractivity contribution in [2.75, 3.05) is 0 Å². The Bertz CT molecular complexity index is 349. The van der Waals surface area contributed by atoms with Crippen LogP contribution in [0.25, 0.3) is 0 Å². The molecule has 0 bridgehead atoms. The van der Waals surface area contributed by atoms with Crippen molar-refractivity contribution >= 4 is 18.3 Å². The summed E-state index contributed by atoms with van der Waals surface area (Å²) < 4.78 is 5.38. The first-order valence-electron chi connectivity index (χ1n) is 3.90. The molecule has 1 aromatic carbocycles. The number of carbonyl (C=O) groups is 1. The van der Waals surface area contributed by atoms with Crippen LogP contribution >= 0.6 is 0 Å². The summed E-state index contributed by atoms with van der Waals surface area (Å²) in [6.45, 7) is 0. The quantitative estimate of drug-likeness (QED) is 0.679. The van der Waals surface area contributed by atoms with E-state index in [1.54, 1.807) is 6.21 Å². The van der Waals surface area contributed by atoms with E-state index in [0.29, 0.717) is 12.2 Å². The van der Waals surface area contributed by atoms with E-state index in [0.717, 1.165) is 5.69 Å². The number of hydrogen-bond donors (Lipinski definition) is 1. The molecular formula is C9H8N2O2. The van der Waals surface area contributed by atoms with Gasteiger partial charge >= 0.3 is 0 Å². The number of nitrogens with zero attached hydrogens (tertiary/aromatic N) is 1. The average Bonchev–Trinajstić information content (AvgIpc) is 2.18. The lowest BCUT2D eigenvalue weighted by molar-refractivity contribution is -0.110. The maximum Gasteiger partial charge on any atom is 0.210 e. The summed E-state index contributed by atoms with van der Waals surface area (Å²) in [5, 5.41) is 2.47. The number of hydrogen-bond acceptors (Lipinski definition) is 3. The number of para-hydroxylation sites is 2. The molecule has 1 aliphatic rings. The molecule has 0 saturated carbocycles. The lowest BCUT2D eigenvalue weighted by Gasteiger charge is -2.19. The zero-order valence-corrected chi connectivity index (χ0v) is 6.81. The van der Waals surface area contributed by atoms with Gasteiger partial charge in [0, 0.05) is 0 Å². The molecule has 1 heterocycles. The second-order valence-electron chi connectivity index (χ2n) is 2.57. The molecule has 1 aromatic rings. The van der Waals surface area contributed by atoms with E-state index in [-0.39, 0.29) is 0 Å². The Morgan fingerprint density at radius 2 is 2.31 bits per heavy atom. The summed E-state index contributed by atoms with van der Waals surface area (Å²) >= 11 is 0. The minimum atomic E-state index is -0.451. The molecule has 2 rings (SSSR count). The van der Waals surface area contributed by atoms with Gasteiger partial charge < -0.3 is 10.1 Å². The molecule has 0 aromatic heterocycles. The van der Waals surface area contributed by atoms with Crippen molar-refractivity contribution in [1.82, 2.24) is 5.32 Å². The van der Waals surface area contributed by atoms with Crippen LogP contribution in [-0.2, 0) is 4.79 Å². The molecule has 4 heteroatoms. The smallest absolute Gasteiger partial charge is 0.210 e. The predicted molar refractivity (Wildman–Crippen MR) is 48.2 cm³/mol. The number of aliphatic imine (C=N–C) groups is 1. The number of carbonyl (C=O) groups excluding carboxylic acids is 1. The van der Waals surface area contributed by atoms with Gasteiger partial charge in [-0.15, -0.1) is 0 Å². The number of amides is 1. The molecule has 1 unspecified atom stereocenters. The van der Waals surface area contributed by atoms with Gasteiger partial charge in [-0.1, -0.05) is 12.1 Å². The summed E-state index contributed by atoms with van der Waals surface area (Å²) in [6.07, 6.45) is 1.69. The van der Waals surface area contributed by atoms with Crippen LogP contribution in [0.1, 0.15) is 0 Å². The summed E-state index contributed by atoms with van der Waals surface area (Å²) in [5.41, 5.74) is 0.784. The third kappa shape index (κ3) is 1.51. The number of ether oxygens (including phenoxy) is 1. The van der Waals surface area contributed by atoms with Crippen molar-refractivity contribution < 1.29 is 9.53 Å². The van der Waals surface area contributed by atoms with Crippen LogP contribution in [0.2, 0.25) is 0 Å². The third-order valence-corrected chi connectivity index (χ3v) is 1.70. The van der Waals surface area contributed by atoms with E-state index in [2.05, 4.69) is 10.3 Å². The Kier molecular flexibility index (Phi) is 1.96. The molecule has 0 spiro atoms. The molecule has 1 N–H and O–H groups in total. The molecule has 0 saturated heterocycles. The zero-order chi connectivity index (χ0) is 9.10. The summed E-state index contributed by atoms with van der Waals surface area (Å²) in [4.78, 5) is 14.3. The standard InChI is InChI=1S/C9H8N2O2/c12-6-11-9-5-10-7-3-1-2-4-8(7)13-9/h1-6,9H,(H,11,12). The molecule has 66 valence electrons.